The quantitative estimate of drug-likeness (QED) is 0.338. The van der Waals surface area contributed by atoms with E-state index in [9.17, 15) is 4.91 Å². The Hall–Kier alpha value is -2.77. The smallest absolute Gasteiger partial charge is 0.130 e. The molecule has 1 heterocycles. The van der Waals surface area contributed by atoms with E-state index in [4.69, 9.17) is 28.5 Å². The van der Waals surface area contributed by atoms with Crippen molar-refractivity contribution >= 4 is 28.7 Å². The maximum absolute atomic E-state index is 11.1. The number of rotatable bonds is 9. The predicted octanol–water partition coefficient (Wildman–Crippen LogP) is 3.34. The van der Waals surface area contributed by atoms with Crippen LogP contribution >= 0.6 is 11.6 Å². The number of hydrogen-bond acceptors (Lipinski definition) is 6. The van der Waals surface area contributed by atoms with Gasteiger partial charge in [-0.3, -0.25) is 10.4 Å². The topological polar surface area (TPSA) is 121 Å². The molecule has 5 N–H and O–H groups in total. The number of nitrogens with two attached hydrogens (primary N) is 2. The van der Waals surface area contributed by atoms with Crippen LogP contribution in [-0.2, 0) is 0 Å². The van der Waals surface area contributed by atoms with Crippen molar-refractivity contribution in [1.82, 2.24) is 9.88 Å². The molecule has 0 saturated carbocycles. The second-order valence-corrected chi connectivity index (χ2v) is 6.72. The Labute approximate surface area is 169 Å². The lowest BCUT2D eigenvalue weighted by Crippen LogP contribution is -2.40. The summed E-state index contributed by atoms with van der Waals surface area (Å²) in [5.41, 5.74) is 14.7. The molecule has 1 atom stereocenters. The second kappa shape index (κ2) is 10.5. The van der Waals surface area contributed by atoms with Crippen LogP contribution in [0.25, 0.3) is 11.3 Å². The minimum Gasteiger partial charge on any atom is -0.398 e. The standard InChI is InChI=1S/C20H25ClN6O/c1-2-17(26-28)13-27(12-9-22)20(24)18(14-7-10-25-11-8-14)19(23)15-3-5-16(21)6-4-15/h3-8,10-11,17,24H,2,9,12-13,22-23H2,1H3. The van der Waals surface area contributed by atoms with E-state index in [0.717, 1.165) is 11.1 Å². The van der Waals surface area contributed by atoms with Crippen LogP contribution in [0.1, 0.15) is 24.5 Å². The first kappa shape index (κ1) is 21.5. The van der Waals surface area contributed by atoms with Crippen molar-refractivity contribution in [3.63, 3.8) is 0 Å². The highest BCUT2D eigenvalue weighted by atomic mass is 35.5. The maximum Gasteiger partial charge on any atom is 0.130 e. The van der Waals surface area contributed by atoms with Gasteiger partial charge >= 0.3 is 0 Å². The summed E-state index contributed by atoms with van der Waals surface area (Å²) in [5, 5.41) is 12.6. The molecule has 0 aliphatic carbocycles. The summed E-state index contributed by atoms with van der Waals surface area (Å²) in [6, 6.07) is 10.3. The zero-order valence-electron chi connectivity index (χ0n) is 15.8. The average Bonchev–Trinajstić information content (AvgIpc) is 2.72. The van der Waals surface area contributed by atoms with Gasteiger partial charge < -0.3 is 16.4 Å². The highest BCUT2D eigenvalue weighted by Gasteiger charge is 2.22. The van der Waals surface area contributed by atoms with Crippen LogP contribution in [0.3, 0.4) is 0 Å². The Kier molecular flexibility index (Phi) is 8.10. The molecule has 0 bridgehead atoms. The van der Waals surface area contributed by atoms with Gasteiger partial charge in [-0.2, -0.15) is 4.91 Å². The molecule has 0 radical (unpaired) electrons. The third kappa shape index (κ3) is 5.37. The van der Waals surface area contributed by atoms with Gasteiger partial charge in [-0.05, 0) is 41.8 Å². The molecule has 1 unspecified atom stereocenters. The molecule has 0 amide bonds. The minimum absolute atomic E-state index is 0.186. The monoisotopic (exact) mass is 400 g/mol. The van der Waals surface area contributed by atoms with Gasteiger partial charge in [-0.25, -0.2) is 0 Å². The van der Waals surface area contributed by atoms with Gasteiger partial charge in [0, 0.05) is 42.6 Å². The van der Waals surface area contributed by atoms with Crippen LogP contribution in [0, 0.1) is 10.3 Å². The van der Waals surface area contributed by atoms with Crippen molar-refractivity contribution < 1.29 is 0 Å². The summed E-state index contributed by atoms with van der Waals surface area (Å²) in [6.45, 7) is 2.94. The minimum atomic E-state index is -0.428. The van der Waals surface area contributed by atoms with Crippen molar-refractivity contribution in [2.45, 2.75) is 19.4 Å². The Morgan fingerprint density at radius 1 is 1.21 bits per heavy atom. The fourth-order valence-corrected chi connectivity index (χ4v) is 2.94. The predicted molar refractivity (Wildman–Crippen MR) is 115 cm³/mol. The summed E-state index contributed by atoms with van der Waals surface area (Å²) in [4.78, 5) is 16.9. The van der Waals surface area contributed by atoms with Crippen molar-refractivity contribution in [3.05, 3.63) is 69.8 Å². The summed E-state index contributed by atoms with van der Waals surface area (Å²) in [7, 11) is 0. The molecule has 7 nitrogen and oxygen atoms in total. The lowest BCUT2D eigenvalue weighted by molar-refractivity contribution is 0.387. The van der Waals surface area contributed by atoms with Crippen LogP contribution in [0.4, 0.5) is 0 Å². The summed E-state index contributed by atoms with van der Waals surface area (Å²) >= 11 is 5.99. The van der Waals surface area contributed by atoms with Crippen molar-refractivity contribution in [2.24, 2.45) is 16.6 Å². The zero-order chi connectivity index (χ0) is 20.5. The molecule has 0 saturated heterocycles. The molecule has 0 aliphatic heterocycles. The van der Waals surface area contributed by atoms with E-state index in [2.05, 4.69) is 10.2 Å². The Bertz CT molecular complexity index is 822. The number of benzene rings is 1. The highest BCUT2D eigenvalue weighted by molar-refractivity contribution is 6.31. The molecule has 2 aromatic rings. The van der Waals surface area contributed by atoms with Gasteiger partial charge in [0.05, 0.1) is 5.70 Å². The van der Waals surface area contributed by atoms with E-state index >= 15 is 0 Å². The van der Waals surface area contributed by atoms with E-state index in [1.807, 2.05) is 6.92 Å². The molecular formula is C20H25ClN6O. The Morgan fingerprint density at radius 2 is 1.86 bits per heavy atom. The number of pyridine rings is 1. The first-order chi connectivity index (χ1) is 13.5. The number of nitroso groups, excluding NO2 is 1. The fraction of sp³-hybridized carbons (Fsp3) is 0.300. The van der Waals surface area contributed by atoms with Gasteiger partial charge in [0.25, 0.3) is 0 Å². The molecule has 1 aromatic heterocycles. The van der Waals surface area contributed by atoms with Crippen LogP contribution in [-0.4, -0.2) is 41.4 Å². The second-order valence-electron chi connectivity index (χ2n) is 6.28. The van der Waals surface area contributed by atoms with E-state index in [1.165, 1.54) is 0 Å². The van der Waals surface area contributed by atoms with Gasteiger partial charge in [0.15, 0.2) is 0 Å². The highest BCUT2D eigenvalue weighted by Crippen LogP contribution is 2.26. The van der Waals surface area contributed by atoms with E-state index in [1.54, 1.807) is 53.7 Å². The van der Waals surface area contributed by atoms with E-state index in [-0.39, 0.29) is 5.84 Å². The summed E-state index contributed by atoms with van der Waals surface area (Å²) < 4.78 is 0. The van der Waals surface area contributed by atoms with Crippen LogP contribution in [0.15, 0.2) is 54.0 Å². The normalized spacial score (nSPS) is 12.8. The Balaban J connectivity index is 2.53. The van der Waals surface area contributed by atoms with Crippen LogP contribution in [0.2, 0.25) is 5.02 Å². The zero-order valence-corrected chi connectivity index (χ0v) is 16.6. The third-order valence-corrected chi connectivity index (χ3v) is 4.65. The molecule has 28 heavy (non-hydrogen) atoms. The van der Waals surface area contributed by atoms with Crippen molar-refractivity contribution in [3.8, 4) is 0 Å². The van der Waals surface area contributed by atoms with Crippen molar-refractivity contribution in [2.75, 3.05) is 19.6 Å². The SMILES string of the molecule is CCC(CN(CCN)C(=N)C(=C(N)c1ccc(Cl)cc1)c1ccncc1)N=O. The summed E-state index contributed by atoms with van der Waals surface area (Å²) in [6.07, 6.45) is 3.87. The molecule has 148 valence electrons. The molecule has 0 fully saturated rings. The first-order valence-electron chi connectivity index (χ1n) is 9.04. The van der Waals surface area contributed by atoms with Gasteiger partial charge in [-0.15, -0.1) is 0 Å². The molecule has 0 aliphatic rings. The van der Waals surface area contributed by atoms with Gasteiger partial charge in [-0.1, -0.05) is 35.8 Å². The first-order valence-corrected chi connectivity index (χ1v) is 9.42. The maximum atomic E-state index is 11.1. The number of hydrogen-bond donors (Lipinski definition) is 3. The lowest BCUT2D eigenvalue weighted by Gasteiger charge is -2.28. The Morgan fingerprint density at radius 3 is 2.39 bits per heavy atom. The molecular weight excluding hydrogens is 376 g/mol. The number of halogens is 1. The molecule has 0 spiro atoms. The van der Waals surface area contributed by atoms with Gasteiger partial charge in [0.1, 0.15) is 11.9 Å². The number of amidine groups is 1. The number of nitrogens with zero attached hydrogens (tertiary/aromatic N) is 3. The molecule has 2 rings (SSSR count). The number of nitrogens with one attached hydrogen (secondary N) is 1. The van der Waals surface area contributed by atoms with Gasteiger partial charge in [0.2, 0.25) is 0 Å². The largest absolute Gasteiger partial charge is 0.398 e. The van der Waals surface area contributed by atoms with E-state index < -0.39 is 6.04 Å². The van der Waals surface area contributed by atoms with E-state index in [0.29, 0.717) is 42.3 Å². The van der Waals surface area contributed by atoms with Crippen LogP contribution < -0.4 is 11.5 Å². The molecule has 8 heteroatoms. The van der Waals surface area contributed by atoms with Crippen molar-refractivity contribution in [1.29, 1.82) is 5.41 Å². The fourth-order valence-electron chi connectivity index (χ4n) is 2.81. The lowest BCUT2D eigenvalue weighted by atomic mass is 9.98. The number of aromatic nitrogens is 1. The average molecular weight is 401 g/mol. The van der Waals surface area contributed by atoms with Crippen LogP contribution in [0.5, 0.6) is 0 Å². The third-order valence-electron chi connectivity index (χ3n) is 4.40. The summed E-state index contributed by atoms with van der Waals surface area (Å²) in [5.74, 6) is 0.186. The molecule has 1 aromatic carbocycles.